The van der Waals surface area contributed by atoms with E-state index in [9.17, 15) is 14.0 Å². The van der Waals surface area contributed by atoms with Crippen molar-refractivity contribution in [2.75, 3.05) is 31.6 Å². The topological polar surface area (TPSA) is 78.9 Å². The van der Waals surface area contributed by atoms with E-state index in [0.29, 0.717) is 24.4 Å². The highest BCUT2D eigenvalue weighted by atomic mass is 19.1. The standard InChI is InChI=1S/C14H17FN2O4/c1-9-2-3-10(6-11(9)15)16-13(18)7-17-4-5-21-8-12(17)14(19)20/h2-3,6,12H,4-5,7-8H2,1H3,(H,16,18)(H,19,20). The number of morpholine rings is 1. The van der Waals surface area contributed by atoms with Crippen LogP contribution in [0.1, 0.15) is 5.56 Å². The lowest BCUT2D eigenvalue weighted by Crippen LogP contribution is -2.52. The molecule has 1 aliphatic rings. The summed E-state index contributed by atoms with van der Waals surface area (Å²) in [6.07, 6.45) is 0. The van der Waals surface area contributed by atoms with E-state index in [1.807, 2.05) is 0 Å². The molecule has 1 amide bonds. The molecule has 114 valence electrons. The molecule has 0 aliphatic carbocycles. The summed E-state index contributed by atoms with van der Waals surface area (Å²) in [7, 11) is 0. The van der Waals surface area contributed by atoms with Gasteiger partial charge in [0.05, 0.1) is 19.8 Å². The molecule has 1 aliphatic heterocycles. The minimum atomic E-state index is -1.02. The number of rotatable bonds is 4. The Morgan fingerprint density at radius 2 is 2.29 bits per heavy atom. The second-order valence-corrected chi connectivity index (χ2v) is 4.91. The third-order valence-corrected chi connectivity index (χ3v) is 3.33. The maximum absolute atomic E-state index is 13.4. The van der Waals surface area contributed by atoms with Gasteiger partial charge in [-0.15, -0.1) is 0 Å². The van der Waals surface area contributed by atoms with Crippen molar-refractivity contribution in [2.45, 2.75) is 13.0 Å². The third kappa shape index (κ3) is 3.99. The average Bonchev–Trinajstić information content (AvgIpc) is 2.43. The molecule has 0 spiro atoms. The molecule has 1 unspecified atom stereocenters. The normalized spacial score (nSPS) is 19.2. The average molecular weight is 296 g/mol. The minimum absolute atomic E-state index is 0.0573. The summed E-state index contributed by atoms with van der Waals surface area (Å²) in [4.78, 5) is 24.6. The van der Waals surface area contributed by atoms with Crippen molar-refractivity contribution < 1.29 is 23.8 Å². The Hall–Kier alpha value is -1.99. The maximum Gasteiger partial charge on any atom is 0.323 e. The summed E-state index contributed by atoms with van der Waals surface area (Å²) in [5.41, 5.74) is 0.843. The number of nitrogens with one attached hydrogen (secondary N) is 1. The number of carboxylic acid groups (broad SMARTS) is 1. The lowest BCUT2D eigenvalue weighted by atomic mass is 10.2. The van der Waals surface area contributed by atoms with E-state index in [-0.39, 0.29) is 19.1 Å². The lowest BCUT2D eigenvalue weighted by Gasteiger charge is -2.32. The minimum Gasteiger partial charge on any atom is -0.480 e. The summed E-state index contributed by atoms with van der Waals surface area (Å²) in [5.74, 6) is -1.81. The van der Waals surface area contributed by atoms with E-state index in [4.69, 9.17) is 9.84 Å². The van der Waals surface area contributed by atoms with Crippen molar-refractivity contribution in [3.8, 4) is 0 Å². The fourth-order valence-corrected chi connectivity index (χ4v) is 2.11. The molecule has 1 saturated heterocycles. The van der Waals surface area contributed by atoms with Crippen molar-refractivity contribution in [1.29, 1.82) is 0 Å². The van der Waals surface area contributed by atoms with E-state index in [1.165, 1.54) is 11.0 Å². The van der Waals surface area contributed by atoms with E-state index in [2.05, 4.69) is 5.32 Å². The van der Waals surface area contributed by atoms with Crippen molar-refractivity contribution in [3.05, 3.63) is 29.6 Å². The summed E-state index contributed by atoms with van der Waals surface area (Å²) >= 11 is 0. The number of benzene rings is 1. The molecule has 7 heteroatoms. The van der Waals surface area contributed by atoms with Crippen LogP contribution in [0.5, 0.6) is 0 Å². The number of aliphatic carboxylic acids is 1. The van der Waals surface area contributed by atoms with Gasteiger partial charge in [-0.05, 0) is 24.6 Å². The van der Waals surface area contributed by atoms with Crippen LogP contribution < -0.4 is 5.32 Å². The first kappa shape index (κ1) is 15.4. The zero-order chi connectivity index (χ0) is 15.4. The first-order valence-electron chi connectivity index (χ1n) is 6.58. The molecule has 2 rings (SSSR count). The Morgan fingerprint density at radius 3 is 2.95 bits per heavy atom. The molecular weight excluding hydrogens is 279 g/mol. The quantitative estimate of drug-likeness (QED) is 0.861. The molecule has 2 N–H and O–H groups in total. The molecule has 1 fully saturated rings. The number of anilines is 1. The fraction of sp³-hybridized carbons (Fsp3) is 0.429. The number of carbonyl (C=O) groups excluding carboxylic acids is 1. The molecule has 21 heavy (non-hydrogen) atoms. The lowest BCUT2D eigenvalue weighted by molar-refractivity contribution is -0.150. The molecule has 0 aromatic heterocycles. The Labute approximate surface area is 121 Å². The summed E-state index contributed by atoms with van der Waals surface area (Å²) in [6, 6.07) is 3.57. The van der Waals surface area contributed by atoms with E-state index >= 15 is 0 Å². The van der Waals surface area contributed by atoms with Gasteiger partial charge in [0.25, 0.3) is 0 Å². The van der Waals surface area contributed by atoms with Crippen LogP contribution in [0.25, 0.3) is 0 Å². The number of carboxylic acids is 1. The monoisotopic (exact) mass is 296 g/mol. The van der Waals surface area contributed by atoms with Crippen LogP contribution in [0.2, 0.25) is 0 Å². The van der Waals surface area contributed by atoms with Gasteiger partial charge in [-0.3, -0.25) is 14.5 Å². The molecule has 0 radical (unpaired) electrons. The van der Waals surface area contributed by atoms with Crippen LogP contribution in [0, 0.1) is 12.7 Å². The maximum atomic E-state index is 13.4. The SMILES string of the molecule is Cc1ccc(NC(=O)CN2CCOCC2C(=O)O)cc1F. The molecule has 6 nitrogen and oxygen atoms in total. The van der Waals surface area contributed by atoms with Crippen molar-refractivity contribution in [3.63, 3.8) is 0 Å². The van der Waals surface area contributed by atoms with Crippen LogP contribution in [0.4, 0.5) is 10.1 Å². The zero-order valence-corrected chi connectivity index (χ0v) is 11.6. The van der Waals surface area contributed by atoms with Gasteiger partial charge in [-0.2, -0.15) is 0 Å². The highest BCUT2D eigenvalue weighted by molar-refractivity contribution is 5.92. The first-order valence-corrected chi connectivity index (χ1v) is 6.58. The number of halogens is 1. The van der Waals surface area contributed by atoms with Crippen LogP contribution in [-0.4, -0.2) is 54.2 Å². The number of amides is 1. The molecule has 0 bridgehead atoms. The number of ether oxygens (including phenoxy) is 1. The predicted molar refractivity (Wildman–Crippen MR) is 73.6 cm³/mol. The highest BCUT2D eigenvalue weighted by Crippen LogP contribution is 2.14. The van der Waals surface area contributed by atoms with Gasteiger partial charge in [-0.1, -0.05) is 6.07 Å². The molecule has 1 heterocycles. The second kappa shape index (κ2) is 6.64. The number of nitrogens with zero attached hydrogens (tertiary/aromatic N) is 1. The van der Waals surface area contributed by atoms with Crippen LogP contribution in [-0.2, 0) is 14.3 Å². The van der Waals surface area contributed by atoms with E-state index < -0.39 is 17.8 Å². The van der Waals surface area contributed by atoms with Crippen LogP contribution >= 0.6 is 0 Å². The Balaban J connectivity index is 1.97. The number of hydrogen-bond acceptors (Lipinski definition) is 4. The summed E-state index contributed by atoms with van der Waals surface area (Å²) in [5, 5.41) is 11.6. The first-order chi connectivity index (χ1) is 9.97. The molecule has 1 atom stereocenters. The van der Waals surface area contributed by atoms with Gasteiger partial charge in [0.15, 0.2) is 0 Å². The second-order valence-electron chi connectivity index (χ2n) is 4.91. The van der Waals surface area contributed by atoms with Gasteiger partial charge in [-0.25, -0.2) is 4.39 Å². The molecule has 1 aromatic rings. The zero-order valence-electron chi connectivity index (χ0n) is 11.6. The predicted octanol–water partition coefficient (Wildman–Crippen LogP) is 0.858. The number of hydrogen-bond donors (Lipinski definition) is 2. The Morgan fingerprint density at radius 1 is 1.52 bits per heavy atom. The number of carbonyl (C=O) groups is 2. The molecular formula is C14H17FN2O4. The van der Waals surface area contributed by atoms with Crippen LogP contribution in [0.3, 0.4) is 0 Å². The van der Waals surface area contributed by atoms with Crippen LogP contribution in [0.15, 0.2) is 18.2 Å². The van der Waals surface area contributed by atoms with E-state index in [1.54, 1.807) is 19.1 Å². The smallest absolute Gasteiger partial charge is 0.323 e. The van der Waals surface area contributed by atoms with Gasteiger partial charge >= 0.3 is 5.97 Å². The van der Waals surface area contributed by atoms with Gasteiger partial charge in [0.1, 0.15) is 11.9 Å². The van der Waals surface area contributed by atoms with Crippen molar-refractivity contribution >= 4 is 17.6 Å². The number of aryl methyl sites for hydroxylation is 1. The van der Waals surface area contributed by atoms with Gasteiger partial charge < -0.3 is 15.2 Å². The van der Waals surface area contributed by atoms with E-state index in [0.717, 1.165) is 0 Å². The van der Waals surface area contributed by atoms with Crippen molar-refractivity contribution in [1.82, 2.24) is 4.90 Å². The summed E-state index contributed by atoms with van der Waals surface area (Å²) < 4.78 is 18.5. The summed E-state index contributed by atoms with van der Waals surface area (Å²) in [6.45, 7) is 2.37. The highest BCUT2D eigenvalue weighted by Gasteiger charge is 2.30. The fourth-order valence-electron chi connectivity index (χ4n) is 2.11. The Kier molecular flexibility index (Phi) is 4.87. The van der Waals surface area contributed by atoms with Gasteiger partial charge in [0, 0.05) is 12.2 Å². The molecule has 0 saturated carbocycles. The molecule has 1 aromatic carbocycles. The largest absolute Gasteiger partial charge is 0.480 e. The Bertz CT molecular complexity index is 550. The third-order valence-electron chi connectivity index (χ3n) is 3.33. The van der Waals surface area contributed by atoms with Gasteiger partial charge in [0.2, 0.25) is 5.91 Å². The van der Waals surface area contributed by atoms with Crippen molar-refractivity contribution in [2.24, 2.45) is 0 Å².